The van der Waals surface area contributed by atoms with Crippen LogP contribution in [0.3, 0.4) is 0 Å². The fraction of sp³-hybridized carbons (Fsp3) is 0.889. The van der Waals surface area contributed by atoms with E-state index in [-0.39, 0.29) is 17.3 Å². The lowest BCUT2D eigenvalue weighted by Gasteiger charge is -2.16. The minimum absolute atomic E-state index is 0.0658. The zero-order chi connectivity index (χ0) is 12.6. The molecule has 0 amide bonds. The maximum Gasteiger partial charge on any atom is 0.214 e. The van der Waals surface area contributed by atoms with Crippen molar-refractivity contribution in [1.82, 2.24) is 4.72 Å². The van der Waals surface area contributed by atoms with Crippen molar-refractivity contribution in [2.24, 2.45) is 5.73 Å². The number of hydrogen-bond acceptors (Lipinski definition) is 4. The zero-order valence-electron chi connectivity index (χ0n) is 9.73. The normalized spacial score (nSPS) is 13.6. The van der Waals surface area contributed by atoms with Crippen molar-refractivity contribution in [1.29, 1.82) is 0 Å². The summed E-state index contributed by atoms with van der Waals surface area (Å²) in [6.07, 6.45) is 1.43. The van der Waals surface area contributed by atoms with Gasteiger partial charge in [-0.2, -0.15) is 0 Å². The predicted octanol–water partition coefficient (Wildman–Crippen LogP) is 0.397. The molecule has 0 saturated carbocycles. The number of ether oxygens (including phenoxy) is 1. The Balaban J connectivity index is 4.25. The van der Waals surface area contributed by atoms with Gasteiger partial charge in [-0.3, -0.25) is 0 Å². The van der Waals surface area contributed by atoms with Gasteiger partial charge in [-0.05, 0) is 13.3 Å². The third-order valence-corrected chi connectivity index (χ3v) is 3.58. The maximum atomic E-state index is 11.6. The standard InChI is InChI=1S/C9H20N2O3S2/c1-3-5-8(9(10)15)11-16(12,13)7-6-14-4-2/h8,11H,3-7H2,1-2H3,(H2,10,15). The molecule has 0 aliphatic heterocycles. The van der Waals surface area contributed by atoms with Crippen LogP contribution in [-0.4, -0.2) is 38.4 Å². The molecule has 16 heavy (non-hydrogen) atoms. The molecular formula is C9H20N2O3S2. The fourth-order valence-electron chi connectivity index (χ4n) is 1.14. The Morgan fingerprint density at radius 2 is 2.12 bits per heavy atom. The molecule has 7 heteroatoms. The average Bonchev–Trinajstić information content (AvgIpc) is 2.17. The number of nitrogens with two attached hydrogens (primary N) is 1. The molecule has 3 N–H and O–H groups in total. The first kappa shape index (κ1) is 15.8. The van der Waals surface area contributed by atoms with E-state index in [4.69, 9.17) is 22.7 Å². The first-order valence-electron chi connectivity index (χ1n) is 5.30. The van der Waals surface area contributed by atoms with Crippen LogP contribution in [0.4, 0.5) is 0 Å². The van der Waals surface area contributed by atoms with Gasteiger partial charge < -0.3 is 10.5 Å². The van der Waals surface area contributed by atoms with Gasteiger partial charge in [0.1, 0.15) is 0 Å². The van der Waals surface area contributed by atoms with Gasteiger partial charge in [-0.15, -0.1) is 0 Å². The quantitative estimate of drug-likeness (QED) is 0.467. The number of hydrogen-bond donors (Lipinski definition) is 2. The minimum atomic E-state index is -3.36. The van der Waals surface area contributed by atoms with Crippen molar-refractivity contribution in [2.45, 2.75) is 32.7 Å². The van der Waals surface area contributed by atoms with Gasteiger partial charge >= 0.3 is 0 Å². The van der Waals surface area contributed by atoms with E-state index in [0.29, 0.717) is 13.0 Å². The third kappa shape index (κ3) is 7.10. The third-order valence-electron chi connectivity index (χ3n) is 1.94. The van der Waals surface area contributed by atoms with Crippen LogP contribution in [0.5, 0.6) is 0 Å². The highest BCUT2D eigenvalue weighted by Crippen LogP contribution is 2.00. The SMILES string of the molecule is CCCC(NS(=O)(=O)CCOCC)C(N)=S. The second kappa shape index (κ2) is 7.94. The average molecular weight is 268 g/mol. The smallest absolute Gasteiger partial charge is 0.214 e. The van der Waals surface area contributed by atoms with Gasteiger partial charge in [0, 0.05) is 6.61 Å². The molecular weight excluding hydrogens is 248 g/mol. The summed E-state index contributed by atoms with van der Waals surface area (Å²) in [6, 6.07) is -0.452. The van der Waals surface area contributed by atoms with Crippen LogP contribution in [0.15, 0.2) is 0 Å². The number of thiocarbonyl (C=S) groups is 1. The topological polar surface area (TPSA) is 81.4 Å². The molecule has 0 aliphatic rings. The lowest BCUT2D eigenvalue weighted by atomic mass is 10.2. The van der Waals surface area contributed by atoms with Gasteiger partial charge in [-0.25, -0.2) is 13.1 Å². The van der Waals surface area contributed by atoms with E-state index in [1.807, 2.05) is 13.8 Å². The lowest BCUT2D eigenvalue weighted by molar-refractivity contribution is 0.163. The Morgan fingerprint density at radius 1 is 1.50 bits per heavy atom. The molecule has 96 valence electrons. The van der Waals surface area contributed by atoms with Crippen molar-refractivity contribution >= 4 is 27.2 Å². The minimum Gasteiger partial charge on any atom is -0.392 e. The molecule has 1 unspecified atom stereocenters. The van der Waals surface area contributed by atoms with Crippen LogP contribution in [0, 0.1) is 0 Å². The molecule has 0 heterocycles. The number of nitrogens with one attached hydrogen (secondary N) is 1. The summed E-state index contributed by atoms with van der Waals surface area (Å²) in [6.45, 7) is 4.44. The summed E-state index contributed by atoms with van der Waals surface area (Å²) in [4.78, 5) is 0.182. The molecule has 0 radical (unpaired) electrons. The van der Waals surface area contributed by atoms with Crippen molar-refractivity contribution in [3.8, 4) is 0 Å². The van der Waals surface area contributed by atoms with E-state index in [1.165, 1.54) is 0 Å². The molecule has 0 spiro atoms. The first-order valence-corrected chi connectivity index (χ1v) is 7.36. The van der Waals surface area contributed by atoms with Crippen LogP contribution < -0.4 is 10.5 Å². The van der Waals surface area contributed by atoms with Crippen LogP contribution in [0.2, 0.25) is 0 Å². The molecule has 0 aromatic carbocycles. The molecule has 0 aromatic heterocycles. The second-order valence-electron chi connectivity index (χ2n) is 3.38. The highest BCUT2D eigenvalue weighted by atomic mass is 32.2. The summed E-state index contributed by atoms with van der Waals surface area (Å²) in [5.74, 6) is -0.0658. The predicted molar refractivity (Wildman–Crippen MR) is 68.9 cm³/mol. The van der Waals surface area contributed by atoms with Crippen molar-refractivity contribution in [3.63, 3.8) is 0 Å². The van der Waals surface area contributed by atoms with E-state index >= 15 is 0 Å². The Morgan fingerprint density at radius 3 is 2.56 bits per heavy atom. The van der Waals surface area contributed by atoms with Crippen molar-refractivity contribution in [2.75, 3.05) is 19.0 Å². The fourth-order valence-corrected chi connectivity index (χ4v) is 2.52. The number of sulfonamides is 1. The largest absolute Gasteiger partial charge is 0.392 e. The molecule has 5 nitrogen and oxygen atoms in total. The first-order chi connectivity index (χ1) is 7.43. The summed E-state index contributed by atoms with van der Waals surface area (Å²) < 4.78 is 30.6. The Labute approximate surface area is 103 Å². The molecule has 0 aromatic rings. The summed E-state index contributed by atoms with van der Waals surface area (Å²) >= 11 is 4.81. The van der Waals surface area contributed by atoms with Crippen LogP contribution in [0.1, 0.15) is 26.7 Å². The second-order valence-corrected chi connectivity index (χ2v) is 5.72. The van der Waals surface area contributed by atoms with Crippen molar-refractivity contribution < 1.29 is 13.2 Å². The van der Waals surface area contributed by atoms with E-state index in [2.05, 4.69) is 4.72 Å². The van der Waals surface area contributed by atoms with Gasteiger partial charge in [-0.1, -0.05) is 25.6 Å². The molecule has 1 atom stereocenters. The molecule has 0 saturated heterocycles. The summed E-state index contributed by atoms with van der Waals surface area (Å²) in [5.41, 5.74) is 5.46. The molecule has 0 aliphatic carbocycles. The zero-order valence-corrected chi connectivity index (χ0v) is 11.4. The summed E-state index contributed by atoms with van der Waals surface area (Å²) in [7, 11) is -3.36. The lowest BCUT2D eigenvalue weighted by Crippen LogP contribution is -2.44. The number of rotatable bonds is 9. The van der Waals surface area contributed by atoms with E-state index in [1.54, 1.807) is 0 Å². The van der Waals surface area contributed by atoms with Gasteiger partial charge in [0.05, 0.1) is 23.4 Å². The maximum absolute atomic E-state index is 11.6. The van der Waals surface area contributed by atoms with Gasteiger partial charge in [0.2, 0.25) is 10.0 Å². The molecule has 0 rings (SSSR count). The monoisotopic (exact) mass is 268 g/mol. The van der Waals surface area contributed by atoms with Gasteiger partial charge in [0.25, 0.3) is 0 Å². The molecule has 0 bridgehead atoms. The van der Waals surface area contributed by atoms with E-state index in [9.17, 15) is 8.42 Å². The van der Waals surface area contributed by atoms with Crippen molar-refractivity contribution in [3.05, 3.63) is 0 Å². The van der Waals surface area contributed by atoms with Crippen LogP contribution in [0.25, 0.3) is 0 Å². The Kier molecular flexibility index (Phi) is 7.82. The van der Waals surface area contributed by atoms with Crippen LogP contribution >= 0.6 is 12.2 Å². The summed E-state index contributed by atoms with van der Waals surface area (Å²) in [5, 5.41) is 0. The van der Waals surface area contributed by atoms with Crippen LogP contribution in [-0.2, 0) is 14.8 Å². The highest BCUT2D eigenvalue weighted by Gasteiger charge is 2.18. The van der Waals surface area contributed by atoms with E-state index < -0.39 is 16.1 Å². The van der Waals surface area contributed by atoms with E-state index in [0.717, 1.165) is 6.42 Å². The van der Waals surface area contributed by atoms with Gasteiger partial charge in [0.15, 0.2) is 0 Å². The highest BCUT2D eigenvalue weighted by molar-refractivity contribution is 7.89. The Bertz CT molecular complexity index is 304. The Hall–Kier alpha value is -0.240. The molecule has 0 fully saturated rings.